The molecule has 0 bridgehead atoms. The van der Waals surface area contributed by atoms with Crippen LogP contribution in [0.4, 0.5) is 17.2 Å². The highest BCUT2D eigenvalue weighted by atomic mass is 32.2. The number of nitrogens with one attached hydrogen (secondary N) is 2. The van der Waals surface area contributed by atoms with E-state index < -0.39 is 21.8 Å². The molecule has 0 spiro atoms. The Morgan fingerprint density at radius 3 is 2.68 bits per heavy atom. The first-order chi connectivity index (χ1) is 18.4. The number of aromatic nitrogens is 1. The van der Waals surface area contributed by atoms with Crippen molar-refractivity contribution in [2.75, 3.05) is 34.9 Å². The molecule has 0 atom stereocenters. The summed E-state index contributed by atoms with van der Waals surface area (Å²) in [5.41, 5.74) is 1.94. The van der Waals surface area contributed by atoms with Crippen LogP contribution in [0.2, 0.25) is 0 Å². The van der Waals surface area contributed by atoms with Gasteiger partial charge in [0.2, 0.25) is 0 Å². The topological polar surface area (TPSA) is 118 Å². The lowest BCUT2D eigenvalue weighted by molar-refractivity contribution is 0.0940. The molecule has 38 heavy (non-hydrogen) atoms. The first-order valence-electron chi connectivity index (χ1n) is 12.2. The van der Waals surface area contributed by atoms with Gasteiger partial charge in [-0.15, -0.1) is 11.3 Å². The highest BCUT2D eigenvalue weighted by Gasteiger charge is 2.34. The first kappa shape index (κ1) is 24.4. The average molecular weight is 549 g/mol. The minimum atomic E-state index is -3.08. The Kier molecular flexibility index (Phi) is 6.24. The van der Waals surface area contributed by atoms with E-state index in [0.29, 0.717) is 36.0 Å². The summed E-state index contributed by atoms with van der Waals surface area (Å²) in [6.07, 6.45) is 2.18. The molecular weight excluding hydrogens is 524 g/mol. The molecule has 2 N–H and O–H groups in total. The number of pyridine rings is 1. The van der Waals surface area contributed by atoms with Gasteiger partial charge >= 0.3 is 0 Å². The molecule has 1 fully saturated rings. The van der Waals surface area contributed by atoms with E-state index in [4.69, 9.17) is 4.74 Å². The van der Waals surface area contributed by atoms with Crippen molar-refractivity contribution < 1.29 is 22.7 Å². The van der Waals surface area contributed by atoms with Gasteiger partial charge in [0.1, 0.15) is 5.75 Å². The van der Waals surface area contributed by atoms with Crippen molar-refractivity contribution in [1.29, 1.82) is 0 Å². The van der Waals surface area contributed by atoms with Gasteiger partial charge in [-0.25, -0.2) is 13.4 Å². The number of anilines is 3. The smallest absolute Gasteiger partial charge is 0.257 e. The molecule has 2 aliphatic rings. The summed E-state index contributed by atoms with van der Waals surface area (Å²) < 4.78 is 29.9. The van der Waals surface area contributed by atoms with Crippen LogP contribution in [0.15, 0.2) is 66.2 Å². The van der Waals surface area contributed by atoms with Gasteiger partial charge in [0.15, 0.2) is 15.7 Å². The number of amides is 2. The minimum absolute atomic E-state index is 0.0797. The summed E-state index contributed by atoms with van der Waals surface area (Å²) >= 11 is 1.49. The SMILES string of the molecule is O=C(NC1CS(=O)(=O)C1)c1cnc(N2CCCOc3ccccc32)c(NC(=O)c2csc3ccccc23)c1. The Bertz CT molecular complexity index is 1660. The van der Waals surface area contributed by atoms with Crippen LogP contribution in [-0.2, 0) is 9.84 Å². The lowest BCUT2D eigenvalue weighted by atomic mass is 10.1. The molecule has 2 aliphatic heterocycles. The van der Waals surface area contributed by atoms with Crippen molar-refractivity contribution in [3.05, 3.63) is 77.3 Å². The second kappa shape index (κ2) is 9.73. The lowest BCUT2D eigenvalue weighted by Crippen LogP contribution is -2.52. The molecule has 2 amide bonds. The van der Waals surface area contributed by atoms with E-state index in [2.05, 4.69) is 15.6 Å². The maximum atomic E-state index is 13.5. The molecule has 0 radical (unpaired) electrons. The lowest BCUT2D eigenvalue weighted by Gasteiger charge is -2.27. The Morgan fingerprint density at radius 2 is 1.84 bits per heavy atom. The predicted octanol–water partition coefficient (Wildman–Crippen LogP) is 4.00. The Labute approximate surface area is 223 Å². The van der Waals surface area contributed by atoms with E-state index in [9.17, 15) is 18.0 Å². The quantitative estimate of drug-likeness (QED) is 0.387. The zero-order valence-electron chi connectivity index (χ0n) is 20.2. The molecule has 4 heterocycles. The number of benzene rings is 2. The van der Waals surface area contributed by atoms with Crippen LogP contribution >= 0.6 is 11.3 Å². The summed E-state index contributed by atoms with van der Waals surface area (Å²) in [6.45, 7) is 1.14. The van der Waals surface area contributed by atoms with Gasteiger partial charge in [0.05, 0.1) is 46.7 Å². The van der Waals surface area contributed by atoms with Crippen LogP contribution in [0.3, 0.4) is 0 Å². The molecule has 9 nitrogen and oxygen atoms in total. The van der Waals surface area contributed by atoms with Gasteiger partial charge in [-0.2, -0.15) is 0 Å². The molecule has 0 unspecified atom stereocenters. The number of thiophene rings is 1. The predicted molar refractivity (Wildman–Crippen MR) is 147 cm³/mol. The van der Waals surface area contributed by atoms with E-state index in [1.807, 2.05) is 58.8 Å². The van der Waals surface area contributed by atoms with Crippen LogP contribution in [0.25, 0.3) is 10.1 Å². The molecule has 194 valence electrons. The van der Waals surface area contributed by atoms with Crippen molar-refractivity contribution in [1.82, 2.24) is 10.3 Å². The van der Waals surface area contributed by atoms with Crippen molar-refractivity contribution in [2.45, 2.75) is 12.5 Å². The number of carbonyl (C=O) groups excluding carboxylic acids is 2. The fraction of sp³-hybridized carbons (Fsp3) is 0.222. The second-order valence-corrected chi connectivity index (χ2v) is 12.3. The molecule has 6 rings (SSSR count). The number of carbonyl (C=O) groups is 2. The van der Waals surface area contributed by atoms with Crippen LogP contribution < -0.4 is 20.3 Å². The standard InChI is InChI=1S/C27H24N4O5S2/c32-26(29-18-15-38(34,35)16-18)17-12-21(30-27(33)20-14-37-24-9-4-1-6-19(20)24)25(28-13-17)31-10-5-11-36-23-8-3-2-7-22(23)31/h1-4,6-9,12-14,18H,5,10-11,15-16H2,(H,29,32)(H,30,33). The number of nitrogens with zero attached hydrogens (tertiary/aromatic N) is 2. The Hall–Kier alpha value is -3.96. The third kappa shape index (κ3) is 4.70. The average Bonchev–Trinajstić information content (AvgIpc) is 3.21. The molecular formula is C27H24N4O5S2. The van der Waals surface area contributed by atoms with Gasteiger partial charge in [0, 0.05) is 28.2 Å². The number of fused-ring (bicyclic) bond motifs is 2. The molecule has 4 aromatic rings. The number of ether oxygens (including phenoxy) is 1. The van der Waals surface area contributed by atoms with Crippen molar-refractivity contribution in [3.63, 3.8) is 0 Å². The van der Waals surface area contributed by atoms with Gasteiger partial charge in [0.25, 0.3) is 11.8 Å². The third-order valence-corrected chi connectivity index (χ3v) is 9.33. The van der Waals surface area contributed by atoms with E-state index in [1.54, 1.807) is 6.07 Å². The molecule has 0 aliphatic carbocycles. The van der Waals surface area contributed by atoms with Gasteiger partial charge in [-0.1, -0.05) is 30.3 Å². The molecule has 11 heteroatoms. The number of hydrogen-bond acceptors (Lipinski definition) is 8. The number of rotatable bonds is 5. The Morgan fingerprint density at radius 1 is 1.05 bits per heavy atom. The maximum Gasteiger partial charge on any atom is 0.257 e. The number of hydrogen-bond donors (Lipinski definition) is 2. The Balaban J connectivity index is 1.37. The molecule has 2 aromatic carbocycles. The summed E-state index contributed by atoms with van der Waals surface area (Å²) in [5, 5.41) is 8.39. The molecule has 0 saturated carbocycles. The highest BCUT2D eigenvalue weighted by molar-refractivity contribution is 7.92. The summed E-state index contributed by atoms with van der Waals surface area (Å²) in [5.74, 6) is 0.278. The number of para-hydroxylation sites is 2. The largest absolute Gasteiger partial charge is 0.491 e. The fourth-order valence-corrected chi connectivity index (χ4v) is 6.93. The van der Waals surface area contributed by atoms with Crippen molar-refractivity contribution in [2.24, 2.45) is 0 Å². The van der Waals surface area contributed by atoms with E-state index >= 15 is 0 Å². The van der Waals surface area contributed by atoms with E-state index in [0.717, 1.165) is 22.2 Å². The molecule has 2 aromatic heterocycles. The van der Waals surface area contributed by atoms with E-state index in [1.165, 1.54) is 17.5 Å². The fourth-order valence-electron chi connectivity index (χ4n) is 4.70. The van der Waals surface area contributed by atoms with Gasteiger partial charge < -0.3 is 20.3 Å². The normalized spacial score (nSPS) is 16.6. The first-order valence-corrected chi connectivity index (χ1v) is 14.9. The summed E-state index contributed by atoms with van der Waals surface area (Å²) in [6, 6.07) is 16.5. The summed E-state index contributed by atoms with van der Waals surface area (Å²) in [7, 11) is -3.08. The third-order valence-electron chi connectivity index (χ3n) is 6.54. The minimum Gasteiger partial charge on any atom is -0.491 e. The maximum absolute atomic E-state index is 13.5. The summed E-state index contributed by atoms with van der Waals surface area (Å²) in [4.78, 5) is 33.0. The van der Waals surface area contributed by atoms with Crippen molar-refractivity contribution in [3.8, 4) is 5.75 Å². The van der Waals surface area contributed by atoms with Crippen LogP contribution in [0.1, 0.15) is 27.1 Å². The van der Waals surface area contributed by atoms with E-state index in [-0.39, 0.29) is 23.0 Å². The monoisotopic (exact) mass is 548 g/mol. The zero-order valence-corrected chi connectivity index (χ0v) is 21.8. The van der Waals surface area contributed by atoms with Crippen LogP contribution in [-0.4, -0.2) is 55.9 Å². The second-order valence-electron chi connectivity index (χ2n) is 9.26. The van der Waals surface area contributed by atoms with Gasteiger partial charge in [-0.3, -0.25) is 9.59 Å². The molecule has 1 saturated heterocycles. The zero-order chi connectivity index (χ0) is 26.3. The van der Waals surface area contributed by atoms with Gasteiger partial charge in [-0.05, 0) is 30.7 Å². The highest BCUT2D eigenvalue weighted by Crippen LogP contribution is 2.38. The van der Waals surface area contributed by atoms with Crippen molar-refractivity contribution >= 4 is 60.3 Å². The number of sulfone groups is 1. The van der Waals surface area contributed by atoms with Crippen LogP contribution in [0, 0.1) is 0 Å². The van der Waals surface area contributed by atoms with Crippen LogP contribution in [0.5, 0.6) is 5.75 Å².